The minimum atomic E-state index is 0.350. The lowest BCUT2D eigenvalue weighted by Crippen LogP contribution is -2.32. The largest absolute Gasteiger partial charge is 0.379 e. The minimum Gasteiger partial charge on any atom is -0.379 e. The molecule has 14 heavy (non-hydrogen) atoms. The van der Waals surface area contributed by atoms with E-state index in [9.17, 15) is 0 Å². The SMILES string of the molecule is CC(C)NCC(C)C(C)COC(C)C. The van der Waals surface area contributed by atoms with E-state index in [-0.39, 0.29) is 0 Å². The fourth-order valence-corrected chi connectivity index (χ4v) is 1.13. The fourth-order valence-electron chi connectivity index (χ4n) is 1.13. The van der Waals surface area contributed by atoms with Crippen molar-refractivity contribution >= 4 is 0 Å². The van der Waals surface area contributed by atoms with Crippen LogP contribution in [-0.2, 0) is 4.74 Å². The average molecular weight is 201 g/mol. The smallest absolute Gasteiger partial charge is 0.0519 e. The van der Waals surface area contributed by atoms with Gasteiger partial charge in [0.2, 0.25) is 0 Å². The molecule has 0 heterocycles. The van der Waals surface area contributed by atoms with Crippen molar-refractivity contribution in [2.45, 2.75) is 53.7 Å². The summed E-state index contributed by atoms with van der Waals surface area (Å²) in [6.07, 6.45) is 0.350. The maximum Gasteiger partial charge on any atom is 0.0519 e. The van der Waals surface area contributed by atoms with E-state index < -0.39 is 0 Å². The Morgan fingerprint density at radius 3 is 1.93 bits per heavy atom. The van der Waals surface area contributed by atoms with Gasteiger partial charge in [0.05, 0.1) is 6.10 Å². The van der Waals surface area contributed by atoms with Crippen molar-refractivity contribution in [3.63, 3.8) is 0 Å². The number of nitrogens with one attached hydrogen (secondary N) is 1. The summed E-state index contributed by atoms with van der Waals surface area (Å²) in [5.41, 5.74) is 0. The lowest BCUT2D eigenvalue weighted by atomic mass is 9.96. The number of rotatable bonds is 7. The molecule has 0 aliphatic rings. The van der Waals surface area contributed by atoms with Crippen LogP contribution in [0.15, 0.2) is 0 Å². The molecule has 2 atom stereocenters. The third kappa shape index (κ3) is 7.34. The second-order valence-electron chi connectivity index (χ2n) is 4.90. The van der Waals surface area contributed by atoms with Crippen LogP contribution in [0.4, 0.5) is 0 Å². The summed E-state index contributed by atoms with van der Waals surface area (Å²) in [4.78, 5) is 0. The topological polar surface area (TPSA) is 21.3 Å². The summed E-state index contributed by atoms with van der Waals surface area (Å²) >= 11 is 0. The van der Waals surface area contributed by atoms with Crippen LogP contribution < -0.4 is 5.32 Å². The van der Waals surface area contributed by atoms with E-state index in [0.29, 0.717) is 24.0 Å². The van der Waals surface area contributed by atoms with Gasteiger partial charge in [0, 0.05) is 12.6 Å². The van der Waals surface area contributed by atoms with Crippen LogP contribution in [0.3, 0.4) is 0 Å². The zero-order valence-electron chi connectivity index (χ0n) is 10.6. The van der Waals surface area contributed by atoms with Crippen molar-refractivity contribution < 1.29 is 4.74 Å². The molecule has 0 bridgehead atoms. The van der Waals surface area contributed by atoms with Gasteiger partial charge in [-0.25, -0.2) is 0 Å². The Kier molecular flexibility index (Phi) is 7.20. The highest BCUT2D eigenvalue weighted by molar-refractivity contribution is 4.66. The van der Waals surface area contributed by atoms with Gasteiger partial charge in [-0.3, -0.25) is 0 Å². The molecule has 0 radical (unpaired) electrons. The first-order chi connectivity index (χ1) is 6.43. The third-order valence-corrected chi connectivity index (χ3v) is 2.51. The normalized spacial score (nSPS) is 16.3. The first kappa shape index (κ1) is 13.9. The van der Waals surface area contributed by atoms with Crippen molar-refractivity contribution in [3.05, 3.63) is 0 Å². The molecule has 0 aliphatic heterocycles. The Hall–Kier alpha value is -0.0800. The van der Waals surface area contributed by atoms with Gasteiger partial charge in [-0.1, -0.05) is 27.7 Å². The van der Waals surface area contributed by atoms with Gasteiger partial charge in [-0.15, -0.1) is 0 Å². The van der Waals surface area contributed by atoms with E-state index in [2.05, 4.69) is 46.9 Å². The van der Waals surface area contributed by atoms with Crippen LogP contribution in [-0.4, -0.2) is 25.3 Å². The second-order valence-corrected chi connectivity index (χ2v) is 4.90. The molecule has 0 aliphatic carbocycles. The van der Waals surface area contributed by atoms with Crippen LogP contribution in [0.5, 0.6) is 0 Å². The zero-order valence-corrected chi connectivity index (χ0v) is 10.6. The lowest BCUT2D eigenvalue weighted by molar-refractivity contribution is 0.0420. The van der Waals surface area contributed by atoms with Crippen molar-refractivity contribution in [3.8, 4) is 0 Å². The van der Waals surface area contributed by atoms with Gasteiger partial charge in [0.25, 0.3) is 0 Å². The third-order valence-electron chi connectivity index (χ3n) is 2.51. The number of hydrogen-bond acceptors (Lipinski definition) is 2. The van der Waals surface area contributed by atoms with Gasteiger partial charge >= 0.3 is 0 Å². The number of ether oxygens (including phenoxy) is 1. The van der Waals surface area contributed by atoms with Crippen LogP contribution in [0.25, 0.3) is 0 Å². The first-order valence-corrected chi connectivity index (χ1v) is 5.78. The number of hydrogen-bond donors (Lipinski definition) is 1. The fraction of sp³-hybridized carbons (Fsp3) is 1.00. The highest BCUT2D eigenvalue weighted by atomic mass is 16.5. The summed E-state index contributed by atoms with van der Waals surface area (Å²) in [7, 11) is 0. The van der Waals surface area contributed by atoms with Crippen molar-refractivity contribution in [1.29, 1.82) is 0 Å². The van der Waals surface area contributed by atoms with E-state index >= 15 is 0 Å². The van der Waals surface area contributed by atoms with Crippen molar-refractivity contribution in [2.75, 3.05) is 13.2 Å². The Balaban J connectivity index is 3.59. The maximum atomic E-state index is 5.60. The Morgan fingerprint density at radius 1 is 0.929 bits per heavy atom. The lowest BCUT2D eigenvalue weighted by Gasteiger charge is -2.22. The molecule has 0 amide bonds. The zero-order chi connectivity index (χ0) is 11.1. The molecule has 1 N–H and O–H groups in total. The monoisotopic (exact) mass is 201 g/mol. The average Bonchev–Trinajstić information content (AvgIpc) is 2.09. The van der Waals surface area contributed by atoms with Crippen LogP contribution >= 0.6 is 0 Å². The Morgan fingerprint density at radius 2 is 1.50 bits per heavy atom. The van der Waals surface area contributed by atoms with E-state index in [1.807, 2.05) is 0 Å². The van der Waals surface area contributed by atoms with Crippen LogP contribution in [0.1, 0.15) is 41.5 Å². The quantitative estimate of drug-likeness (QED) is 0.684. The predicted octanol–water partition coefficient (Wildman–Crippen LogP) is 2.68. The van der Waals surface area contributed by atoms with E-state index in [1.54, 1.807) is 0 Å². The highest BCUT2D eigenvalue weighted by Gasteiger charge is 2.12. The van der Waals surface area contributed by atoms with Gasteiger partial charge < -0.3 is 10.1 Å². The van der Waals surface area contributed by atoms with Crippen LogP contribution in [0.2, 0.25) is 0 Å². The van der Waals surface area contributed by atoms with Gasteiger partial charge in [0.1, 0.15) is 0 Å². The van der Waals surface area contributed by atoms with E-state index in [0.717, 1.165) is 13.2 Å². The summed E-state index contributed by atoms with van der Waals surface area (Å²) in [6, 6.07) is 0.579. The van der Waals surface area contributed by atoms with Crippen LogP contribution in [0, 0.1) is 11.8 Å². The molecule has 2 unspecified atom stereocenters. The van der Waals surface area contributed by atoms with Crippen molar-refractivity contribution in [2.24, 2.45) is 11.8 Å². The second kappa shape index (κ2) is 7.24. The molecule has 86 valence electrons. The predicted molar refractivity (Wildman–Crippen MR) is 62.6 cm³/mol. The molecule has 0 spiro atoms. The summed E-state index contributed by atoms with van der Waals surface area (Å²) in [5.74, 6) is 1.31. The minimum absolute atomic E-state index is 0.350. The molecule has 0 aromatic heterocycles. The Bertz CT molecular complexity index is 118. The highest BCUT2D eigenvalue weighted by Crippen LogP contribution is 2.11. The molecule has 0 rings (SSSR count). The summed E-state index contributed by atoms with van der Waals surface area (Å²) in [5, 5.41) is 3.46. The summed E-state index contributed by atoms with van der Waals surface area (Å²) < 4.78 is 5.60. The molecule has 2 nitrogen and oxygen atoms in total. The van der Waals surface area contributed by atoms with Crippen molar-refractivity contribution in [1.82, 2.24) is 5.32 Å². The molecule has 0 saturated carbocycles. The van der Waals surface area contributed by atoms with Gasteiger partial charge in [-0.05, 0) is 32.2 Å². The molecule has 0 saturated heterocycles. The van der Waals surface area contributed by atoms with Gasteiger partial charge in [-0.2, -0.15) is 0 Å². The molecule has 0 aromatic carbocycles. The molecule has 0 fully saturated rings. The Labute approximate surface area is 89.4 Å². The van der Waals surface area contributed by atoms with Gasteiger partial charge in [0.15, 0.2) is 0 Å². The first-order valence-electron chi connectivity index (χ1n) is 5.78. The standard InChI is InChI=1S/C12H27NO/c1-9(2)13-7-11(5)12(6)8-14-10(3)4/h9-13H,7-8H2,1-6H3. The summed E-state index contributed by atoms with van der Waals surface area (Å²) in [6.45, 7) is 15.0. The molecular formula is C12H27NO. The maximum absolute atomic E-state index is 5.60. The van der Waals surface area contributed by atoms with E-state index in [1.165, 1.54) is 0 Å². The van der Waals surface area contributed by atoms with E-state index in [4.69, 9.17) is 4.74 Å². The molecule has 0 aromatic rings. The molecule has 2 heteroatoms. The molecular weight excluding hydrogens is 174 g/mol.